The lowest BCUT2D eigenvalue weighted by Crippen LogP contribution is -2.55. The molecule has 2 unspecified atom stereocenters. The Bertz CT molecular complexity index is 250. The van der Waals surface area contributed by atoms with Crippen LogP contribution in [0.1, 0.15) is 38.5 Å². The highest BCUT2D eigenvalue weighted by molar-refractivity contribution is 4.96. The van der Waals surface area contributed by atoms with Gasteiger partial charge in [-0.05, 0) is 52.6 Å². The van der Waals surface area contributed by atoms with Gasteiger partial charge < -0.3 is 20.1 Å². The summed E-state index contributed by atoms with van der Waals surface area (Å²) in [6.07, 6.45) is 6.93. The van der Waals surface area contributed by atoms with Gasteiger partial charge in [-0.25, -0.2) is 0 Å². The zero-order valence-electron chi connectivity index (χ0n) is 11.8. The lowest BCUT2D eigenvalue weighted by Gasteiger charge is -2.45. The number of hydrogen-bond donors (Lipinski definition) is 2. The minimum Gasteiger partial charge on any atom is -0.394 e. The van der Waals surface area contributed by atoms with Crippen LogP contribution < -0.4 is 5.32 Å². The van der Waals surface area contributed by atoms with Crippen molar-refractivity contribution in [2.24, 2.45) is 0 Å². The maximum Gasteiger partial charge on any atom is 0.0613 e. The topological polar surface area (TPSA) is 44.7 Å². The van der Waals surface area contributed by atoms with Crippen LogP contribution in [0.15, 0.2) is 0 Å². The number of nitrogens with one attached hydrogen (secondary N) is 1. The highest BCUT2D eigenvalue weighted by Gasteiger charge is 2.37. The average molecular weight is 256 g/mol. The van der Waals surface area contributed by atoms with E-state index in [0.717, 1.165) is 38.9 Å². The molecule has 4 heteroatoms. The van der Waals surface area contributed by atoms with Crippen molar-refractivity contribution in [3.8, 4) is 0 Å². The Hall–Kier alpha value is -0.160. The molecule has 106 valence electrons. The number of aliphatic hydroxyl groups excluding tert-OH is 1. The summed E-state index contributed by atoms with van der Waals surface area (Å²) in [6, 6.07) is 1.26. The van der Waals surface area contributed by atoms with E-state index in [1.54, 1.807) is 0 Å². The Morgan fingerprint density at radius 3 is 2.61 bits per heavy atom. The van der Waals surface area contributed by atoms with Crippen molar-refractivity contribution in [1.29, 1.82) is 0 Å². The maximum atomic E-state index is 9.65. The molecule has 1 saturated heterocycles. The van der Waals surface area contributed by atoms with Gasteiger partial charge in [0.1, 0.15) is 0 Å². The molecule has 1 heterocycles. The van der Waals surface area contributed by atoms with Crippen LogP contribution in [-0.4, -0.2) is 61.5 Å². The van der Waals surface area contributed by atoms with E-state index >= 15 is 0 Å². The molecule has 4 nitrogen and oxygen atoms in total. The monoisotopic (exact) mass is 256 g/mol. The molecule has 2 fully saturated rings. The fraction of sp³-hybridized carbons (Fsp3) is 1.00. The molecular formula is C14H28N2O2. The fourth-order valence-corrected chi connectivity index (χ4v) is 3.52. The van der Waals surface area contributed by atoms with Crippen molar-refractivity contribution in [3.63, 3.8) is 0 Å². The largest absolute Gasteiger partial charge is 0.394 e. The van der Waals surface area contributed by atoms with E-state index in [2.05, 4.69) is 17.3 Å². The summed E-state index contributed by atoms with van der Waals surface area (Å²) in [5.41, 5.74) is -0.0532. The Morgan fingerprint density at radius 1 is 1.28 bits per heavy atom. The van der Waals surface area contributed by atoms with Gasteiger partial charge in [0.2, 0.25) is 0 Å². The van der Waals surface area contributed by atoms with Gasteiger partial charge >= 0.3 is 0 Å². The Kier molecular flexibility index (Phi) is 5.01. The molecule has 0 radical (unpaired) electrons. The van der Waals surface area contributed by atoms with Crippen LogP contribution in [0.3, 0.4) is 0 Å². The quantitative estimate of drug-likeness (QED) is 0.787. The Balaban J connectivity index is 1.94. The van der Waals surface area contributed by atoms with Gasteiger partial charge in [-0.15, -0.1) is 0 Å². The van der Waals surface area contributed by atoms with E-state index in [9.17, 15) is 5.11 Å². The molecule has 0 aromatic heterocycles. The lowest BCUT2D eigenvalue weighted by molar-refractivity contribution is 0.00501. The number of aliphatic hydroxyl groups is 1. The van der Waals surface area contributed by atoms with E-state index in [0.29, 0.717) is 12.1 Å². The normalized spacial score (nSPS) is 35.0. The predicted molar refractivity (Wildman–Crippen MR) is 72.7 cm³/mol. The number of rotatable bonds is 4. The Labute approximate surface area is 111 Å². The van der Waals surface area contributed by atoms with Gasteiger partial charge in [-0.1, -0.05) is 0 Å². The number of nitrogens with zero attached hydrogens (tertiary/aromatic N) is 1. The molecule has 0 amide bonds. The molecule has 2 rings (SSSR count). The number of likely N-dealkylation sites (N-methyl/N-ethyl adjacent to an activating group) is 1. The van der Waals surface area contributed by atoms with Crippen LogP contribution in [0.25, 0.3) is 0 Å². The molecule has 2 N–H and O–H groups in total. The van der Waals surface area contributed by atoms with E-state index in [1.165, 1.54) is 12.8 Å². The predicted octanol–water partition coefficient (Wildman–Crippen LogP) is 0.990. The van der Waals surface area contributed by atoms with Crippen LogP contribution in [0, 0.1) is 0 Å². The van der Waals surface area contributed by atoms with Gasteiger partial charge in [0.05, 0.1) is 6.61 Å². The van der Waals surface area contributed by atoms with Crippen LogP contribution in [0.5, 0.6) is 0 Å². The van der Waals surface area contributed by atoms with Crippen molar-refractivity contribution in [1.82, 2.24) is 10.2 Å². The second-order valence-electron chi connectivity index (χ2n) is 5.95. The van der Waals surface area contributed by atoms with Gasteiger partial charge in [0.15, 0.2) is 0 Å². The first-order valence-electron chi connectivity index (χ1n) is 7.30. The van der Waals surface area contributed by atoms with E-state index in [-0.39, 0.29) is 12.1 Å². The fourth-order valence-electron chi connectivity index (χ4n) is 3.52. The third kappa shape index (κ3) is 3.05. The van der Waals surface area contributed by atoms with Crippen molar-refractivity contribution in [2.45, 2.75) is 56.1 Å². The summed E-state index contributed by atoms with van der Waals surface area (Å²) in [4.78, 5) is 2.55. The second kappa shape index (κ2) is 6.33. The smallest absolute Gasteiger partial charge is 0.0613 e. The van der Waals surface area contributed by atoms with E-state index in [4.69, 9.17) is 4.74 Å². The minimum absolute atomic E-state index is 0.0532. The summed E-state index contributed by atoms with van der Waals surface area (Å²) in [5, 5.41) is 13.0. The summed E-state index contributed by atoms with van der Waals surface area (Å²) < 4.78 is 5.44. The van der Waals surface area contributed by atoms with E-state index < -0.39 is 0 Å². The lowest BCUT2D eigenvalue weighted by atomic mass is 9.78. The van der Waals surface area contributed by atoms with Crippen LogP contribution in [0.2, 0.25) is 0 Å². The summed E-state index contributed by atoms with van der Waals surface area (Å²) in [6.45, 7) is 2.05. The average Bonchev–Trinajstić information content (AvgIpc) is 2.47. The molecule has 1 aliphatic heterocycles. The maximum absolute atomic E-state index is 9.65. The van der Waals surface area contributed by atoms with Gasteiger partial charge in [-0.2, -0.15) is 0 Å². The van der Waals surface area contributed by atoms with Gasteiger partial charge in [0.25, 0.3) is 0 Å². The molecular weight excluding hydrogens is 228 g/mol. The van der Waals surface area contributed by atoms with Crippen molar-refractivity contribution in [3.05, 3.63) is 0 Å². The second-order valence-corrected chi connectivity index (χ2v) is 5.95. The third-order valence-electron chi connectivity index (χ3n) is 4.99. The summed E-state index contributed by atoms with van der Waals surface area (Å²) in [7, 11) is 4.23. The molecule has 2 atom stereocenters. The first-order valence-corrected chi connectivity index (χ1v) is 7.30. The highest BCUT2D eigenvalue weighted by Crippen LogP contribution is 2.32. The number of ether oxygens (including phenoxy) is 1. The molecule has 0 aromatic rings. The molecule has 1 saturated carbocycles. The molecule has 0 spiro atoms. The molecule has 0 bridgehead atoms. The van der Waals surface area contributed by atoms with Crippen LogP contribution >= 0.6 is 0 Å². The summed E-state index contributed by atoms with van der Waals surface area (Å²) in [5.74, 6) is 0. The standard InChI is InChI=1S/C14H28N2O2/c1-15-14(11-17)7-3-4-13(10-14)16(2)12-5-8-18-9-6-12/h12-13,15,17H,3-11H2,1-2H3. The van der Waals surface area contributed by atoms with Gasteiger partial charge in [0, 0.05) is 30.8 Å². The van der Waals surface area contributed by atoms with Crippen molar-refractivity contribution in [2.75, 3.05) is 33.9 Å². The molecule has 0 aromatic carbocycles. The van der Waals surface area contributed by atoms with Crippen LogP contribution in [-0.2, 0) is 4.74 Å². The van der Waals surface area contributed by atoms with Crippen molar-refractivity contribution >= 4 is 0 Å². The molecule has 1 aliphatic carbocycles. The zero-order chi connectivity index (χ0) is 13.0. The first kappa shape index (κ1) is 14.3. The molecule has 18 heavy (non-hydrogen) atoms. The molecule has 2 aliphatic rings. The van der Waals surface area contributed by atoms with Crippen LogP contribution in [0.4, 0.5) is 0 Å². The minimum atomic E-state index is -0.0532. The van der Waals surface area contributed by atoms with Crippen molar-refractivity contribution < 1.29 is 9.84 Å². The first-order chi connectivity index (χ1) is 8.71. The Morgan fingerprint density at radius 2 is 2.00 bits per heavy atom. The van der Waals surface area contributed by atoms with E-state index in [1.807, 2.05) is 7.05 Å². The highest BCUT2D eigenvalue weighted by atomic mass is 16.5. The third-order valence-corrected chi connectivity index (χ3v) is 4.99. The SMILES string of the molecule is CNC1(CO)CCCC(N(C)C2CCOCC2)C1. The van der Waals surface area contributed by atoms with Gasteiger partial charge in [-0.3, -0.25) is 0 Å². The summed E-state index contributed by atoms with van der Waals surface area (Å²) >= 11 is 0. The number of hydrogen-bond acceptors (Lipinski definition) is 4. The zero-order valence-corrected chi connectivity index (χ0v) is 11.8.